The predicted molar refractivity (Wildman–Crippen MR) is 53.6 cm³/mol. The second kappa shape index (κ2) is 2.85. The van der Waals surface area contributed by atoms with E-state index in [2.05, 4.69) is 0 Å². The van der Waals surface area contributed by atoms with E-state index < -0.39 is 29.5 Å². The molecule has 0 saturated carbocycles. The van der Waals surface area contributed by atoms with Gasteiger partial charge in [-0.2, -0.15) is 0 Å². The van der Waals surface area contributed by atoms with Crippen molar-refractivity contribution in [2.45, 2.75) is 18.6 Å². The Kier molecular flexibility index (Phi) is 1.75. The van der Waals surface area contributed by atoms with Crippen LogP contribution in [0.5, 0.6) is 0 Å². The summed E-state index contributed by atoms with van der Waals surface area (Å²) < 4.78 is 5.71. The number of rotatable bonds is 2. The first kappa shape index (κ1) is 9.84. The summed E-state index contributed by atoms with van der Waals surface area (Å²) in [6.45, 7) is 2.98. The number of aliphatic carboxylic acids is 1. The van der Waals surface area contributed by atoms with Gasteiger partial charge in [-0.1, -0.05) is 12.2 Å². The van der Waals surface area contributed by atoms with Crippen molar-refractivity contribution in [3.8, 4) is 0 Å². The Hall–Kier alpha value is -1.36. The average molecular weight is 223 g/mol. The van der Waals surface area contributed by atoms with Gasteiger partial charge in [0.2, 0.25) is 5.91 Å². The second-order valence-electron chi connectivity index (χ2n) is 4.59. The van der Waals surface area contributed by atoms with Crippen molar-refractivity contribution in [2.24, 2.45) is 11.8 Å². The van der Waals surface area contributed by atoms with Crippen molar-refractivity contribution in [1.29, 1.82) is 0 Å². The van der Waals surface area contributed by atoms with Crippen LogP contribution in [0.3, 0.4) is 0 Å². The lowest BCUT2D eigenvalue weighted by atomic mass is 9.77. The van der Waals surface area contributed by atoms with Gasteiger partial charge in [-0.15, -0.1) is 0 Å². The molecule has 0 aromatic rings. The molecule has 5 heteroatoms. The molecule has 5 nitrogen and oxygen atoms in total. The van der Waals surface area contributed by atoms with E-state index in [1.165, 1.54) is 0 Å². The molecule has 86 valence electrons. The van der Waals surface area contributed by atoms with Crippen molar-refractivity contribution < 1.29 is 19.4 Å². The molecular weight excluding hydrogens is 210 g/mol. The molecule has 0 aromatic heterocycles. The van der Waals surface area contributed by atoms with Crippen molar-refractivity contribution in [3.63, 3.8) is 0 Å². The second-order valence-corrected chi connectivity index (χ2v) is 4.59. The fraction of sp³-hybridized carbons (Fsp3) is 0.636. The summed E-state index contributed by atoms with van der Waals surface area (Å²) in [7, 11) is 0. The zero-order valence-electron chi connectivity index (χ0n) is 8.92. The summed E-state index contributed by atoms with van der Waals surface area (Å²) in [6.07, 6.45) is 3.22. The Bertz CT molecular complexity index is 405. The predicted octanol–water partition coefficient (Wildman–Crippen LogP) is -0.127. The number of carbonyl (C=O) groups excluding carboxylic acids is 1. The minimum Gasteiger partial charge on any atom is -0.481 e. The van der Waals surface area contributed by atoms with Crippen molar-refractivity contribution in [1.82, 2.24) is 4.90 Å². The van der Waals surface area contributed by atoms with E-state index in [4.69, 9.17) is 4.74 Å². The van der Waals surface area contributed by atoms with E-state index in [-0.39, 0.29) is 5.91 Å². The van der Waals surface area contributed by atoms with Gasteiger partial charge in [0, 0.05) is 6.54 Å². The molecule has 2 bridgehead atoms. The summed E-state index contributed by atoms with van der Waals surface area (Å²) in [5.74, 6) is -2.26. The fourth-order valence-corrected chi connectivity index (χ4v) is 3.13. The first-order chi connectivity index (χ1) is 7.59. The Morgan fingerprint density at radius 3 is 3.12 bits per heavy atom. The van der Waals surface area contributed by atoms with E-state index in [9.17, 15) is 14.7 Å². The molecule has 0 aliphatic carbocycles. The molecule has 0 radical (unpaired) electrons. The molecule has 0 aromatic carbocycles. The van der Waals surface area contributed by atoms with Gasteiger partial charge in [0.25, 0.3) is 0 Å². The number of hydrogen-bond donors (Lipinski definition) is 1. The van der Waals surface area contributed by atoms with E-state index in [1.807, 2.05) is 13.0 Å². The summed E-state index contributed by atoms with van der Waals surface area (Å²) in [5, 5.41) is 9.17. The Balaban J connectivity index is 2.03. The molecule has 16 heavy (non-hydrogen) atoms. The number of carboxylic acids is 1. The molecule has 1 spiro atoms. The number of fused-ring (bicyclic) bond motifs is 1. The number of hydrogen-bond acceptors (Lipinski definition) is 3. The topological polar surface area (TPSA) is 66.8 Å². The van der Waals surface area contributed by atoms with Crippen LogP contribution in [-0.4, -0.2) is 46.7 Å². The van der Waals surface area contributed by atoms with Crippen LogP contribution < -0.4 is 0 Å². The molecule has 1 N–H and O–H groups in total. The lowest BCUT2D eigenvalue weighted by Gasteiger charge is -2.21. The third-order valence-corrected chi connectivity index (χ3v) is 3.85. The number of ether oxygens (including phenoxy) is 1. The van der Waals surface area contributed by atoms with E-state index in [1.54, 1.807) is 11.0 Å². The van der Waals surface area contributed by atoms with Crippen LogP contribution in [0, 0.1) is 11.8 Å². The van der Waals surface area contributed by atoms with Crippen LogP contribution in [0.1, 0.15) is 6.92 Å². The van der Waals surface area contributed by atoms with Crippen LogP contribution >= 0.6 is 0 Å². The molecule has 1 amide bonds. The molecule has 0 unspecified atom stereocenters. The molecule has 2 fully saturated rings. The summed E-state index contributed by atoms with van der Waals surface area (Å²) >= 11 is 0. The monoisotopic (exact) mass is 223 g/mol. The maximum atomic E-state index is 12.1. The summed E-state index contributed by atoms with van der Waals surface area (Å²) in [6, 6.07) is 0. The quantitative estimate of drug-likeness (QED) is 0.662. The van der Waals surface area contributed by atoms with E-state index in [0.29, 0.717) is 13.1 Å². The maximum absolute atomic E-state index is 12.1. The number of nitrogens with zero attached hydrogens (tertiary/aromatic N) is 1. The highest BCUT2D eigenvalue weighted by molar-refractivity contribution is 5.90. The number of amides is 1. The Morgan fingerprint density at radius 1 is 1.75 bits per heavy atom. The largest absolute Gasteiger partial charge is 0.481 e. The lowest BCUT2D eigenvalue weighted by molar-refractivity contribution is -0.148. The standard InChI is InChI=1S/C11H13NO4/c1-2-12-5-11-4-3-6(16-11)7(10(14)15)8(11)9(12)13/h3-4,6-8H,2,5H2,1H3,(H,14,15)/t6-,7-,8-,11-/m1/s1. The van der Waals surface area contributed by atoms with Gasteiger partial charge in [-0.05, 0) is 6.92 Å². The maximum Gasteiger partial charge on any atom is 0.310 e. The summed E-state index contributed by atoms with van der Waals surface area (Å²) in [5.41, 5.74) is -0.666. The Morgan fingerprint density at radius 2 is 2.50 bits per heavy atom. The summed E-state index contributed by atoms with van der Waals surface area (Å²) in [4.78, 5) is 24.9. The van der Waals surface area contributed by atoms with Gasteiger partial charge in [0.15, 0.2) is 0 Å². The van der Waals surface area contributed by atoms with E-state index in [0.717, 1.165) is 0 Å². The van der Waals surface area contributed by atoms with Crippen LogP contribution in [0.15, 0.2) is 12.2 Å². The minimum absolute atomic E-state index is 0.0817. The molecule has 3 aliphatic heterocycles. The van der Waals surface area contributed by atoms with Crippen molar-refractivity contribution in [3.05, 3.63) is 12.2 Å². The fourth-order valence-electron chi connectivity index (χ4n) is 3.13. The van der Waals surface area contributed by atoms with Gasteiger partial charge in [0.1, 0.15) is 11.5 Å². The SMILES string of the molecule is CCN1C[C@@]23C=C[C@@H](O2)[C@@H](C(=O)O)[C@@H]3C1=O. The number of carboxylic acid groups (broad SMARTS) is 1. The molecule has 3 aliphatic rings. The molecule has 4 atom stereocenters. The molecular formula is C11H13NO4. The van der Waals surface area contributed by atoms with Crippen LogP contribution in [-0.2, 0) is 14.3 Å². The first-order valence-electron chi connectivity index (χ1n) is 5.48. The molecule has 3 heterocycles. The highest BCUT2D eigenvalue weighted by Gasteiger charge is 2.66. The highest BCUT2D eigenvalue weighted by Crippen LogP contribution is 2.51. The van der Waals surface area contributed by atoms with Gasteiger partial charge in [-0.25, -0.2) is 0 Å². The number of likely N-dealkylation sites (N-methyl/N-ethyl adjacent to an activating group) is 1. The lowest BCUT2D eigenvalue weighted by Crippen LogP contribution is -2.39. The number of carbonyl (C=O) groups is 2. The van der Waals surface area contributed by atoms with Gasteiger partial charge in [-0.3, -0.25) is 9.59 Å². The normalized spacial score (nSPS) is 44.2. The van der Waals surface area contributed by atoms with Gasteiger partial charge >= 0.3 is 5.97 Å². The highest BCUT2D eigenvalue weighted by atomic mass is 16.5. The van der Waals surface area contributed by atoms with Crippen molar-refractivity contribution in [2.75, 3.05) is 13.1 Å². The minimum atomic E-state index is -0.937. The van der Waals surface area contributed by atoms with Crippen molar-refractivity contribution >= 4 is 11.9 Å². The van der Waals surface area contributed by atoms with Gasteiger partial charge in [0.05, 0.1) is 18.6 Å². The van der Waals surface area contributed by atoms with E-state index >= 15 is 0 Å². The molecule has 2 saturated heterocycles. The van der Waals surface area contributed by atoms with Crippen LogP contribution in [0.4, 0.5) is 0 Å². The zero-order chi connectivity index (χ0) is 11.5. The van der Waals surface area contributed by atoms with Crippen LogP contribution in [0.2, 0.25) is 0 Å². The first-order valence-corrected chi connectivity index (χ1v) is 5.48. The average Bonchev–Trinajstić information content (AvgIpc) is 2.86. The zero-order valence-corrected chi connectivity index (χ0v) is 8.92. The smallest absolute Gasteiger partial charge is 0.310 e. The third-order valence-electron chi connectivity index (χ3n) is 3.85. The Labute approximate surface area is 92.7 Å². The molecule has 3 rings (SSSR count). The number of likely N-dealkylation sites (tertiary alicyclic amines) is 1. The van der Waals surface area contributed by atoms with Gasteiger partial charge < -0.3 is 14.7 Å². The third kappa shape index (κ3) is 0.942. The van der Waals surface area contributed by atoms with Crippen LogP contribution in [0.25, 0.3) is 0 Å².